The molecule has 1 amide bonds. The molecule has 1 heterocycles. The van der Waals surface area contributed by atoms with Crippen molar-refractivity contribution in [1.82, 2.24) is 0 Å². The molecule has 1 aromatic heterocycles. The topological polar surface area (TPSA) is 103 Å². The van der Waals surface area contributed by atoms with Crippen LogP contribution in [-0.4, -0.2) is 11.0 Å². The van der Waals surface area contributed by atoms with Gasteiger partial charge in [0.25, 0.3) is 0 Å². The molecule has 4 aromatic rings. The summed E-state index contributed by atoms with van der Waals surface area (Å²) in [5.74, 6) is 1.30. The largest absolute Gasteiger partial charge is 0.508 e. The van der Waals surface area contributed by atoms with Gasteiger partial charge in [0, 0.05) is 11.6 Å². The van der Waals surface area contributed by atoms with Gasteiger partial charge < -0.3 is 20.0 Å². The summed E-state index contributed by atoms with van der Waals surface area (Å²) in [7, 11) is 0. The Kier molecular flexibility index (Phi) is 4.75. The first kappa shape index (κ1) is 18.3. The Labute approximate surface area is 165 Å². The fourth-order valence-electron chi connectivity index (χ4n) is 2.99. The molecule has 0 bridgehead atoms. The summed E-state index contributed by atoms with van der Waals surface area (Å²) < 4.78 is 11.6. The van der Waals surface area contributed by atoms with E-state index in [1.807, 2.05) is 0 Å². The summed E-state index contributed by atoms with van der Waals surface area (Å²) in [4.78, 5) is 23.3. The average molecular weight is 387 g/mol. The van der Waals surface area contributed by atoms with Crippen LogP contribution in [0.1, 0.15) is 5.56 Å². The predicted molar refractivity (Wildman–Crippen MR) is 109 cm³/mol. The Morgan fingerprint density at radius 1 is 0.931 bits per heavy atom. The van der Waals surface area contributed by atoms with Crippen molar-refractivity contribution >= 4 is 16.9 Å². The maximum absolute atomic E-state index is 12.3. The lowest BCUT2D eigenvalue weighted by Gasteiger charge is -2.08. The van der Waals surface area contributed by atoms with Crippen molar-refractivity contribution in [3.05, 3.63) is 88.6 Å². The van der Waals surface area contributed by atoms with E-state index < -0.39 is 0 Å². The van der Waals surface area contributed by atoms with E-state index in [1.54, 1.807) is 54.6 Å². The van der Waals surface area contributed by atoms with Crippen LogP contribution < -0.4 is 15.9 Å². The number of rotatable bonds is 5. The molecule has 0 spiro atoms. The number of fused-ring (bicyclic) bond motifs is 1. The van der Waals surface area contributed by atoms with Crippen LogP contribution in [0, 0.1) is 0 Å². The molecule has 6 heteroatoms. The number of carbonyl (C=O) groups excluding carboxylic acids is 1. The second kappa shape index (κ2) is 7.52. The summed E-state index contributed by atoms with van der Waals surface area (Å²) in [6.07, 6.45) is 0.186. The van der Waals surface area contributed by atoms with E-state index in [0.717, 1.165) is 11.1 Å². The molecule has 29 heavy (non-hydrogen) atoms. The van der Waals surface area contributed by atoms with Crippen LogP contribution in [0.25, 0.3) is 22.3 Å². The molecule has 3 N–H and O–H groups in total. The van der Waals surface area contributed by atoms with E-state index in [2.05, 4.69) is 0 Å². The lowest BCUT2D eigenvalue weighted by Crippen LogP contribution is -2.13. The van der Waals surface area contributed by atoms with E-state index in [0.29, 0.717) is 28.2 Å². The van der Waals surface area contributed by atoms with E-state index in [1.165, 1.54) is 18.2 Å². The molecule has 0 atom stereocenters. The summed E-state index contributed by atoms with van der Waals surface area (Å²) in [5, 5.41) is 9.86. The second-order valence-electron chi connectivity index (χ2n) is 6.57. The molecule has 0 saturated carbocycles. The molecular formula is C23H17NO5. The number of aromatic hydroxyl groups is 1. The first-order chi connectivity index (χ1) is 14.0. The quantitative estimate of drug-likeness (QED) is 0.539. The molecule has 6 nitrogen and oxygen atoms in total. The fourth-order valence-corrected chi connectivity index (χ4v) is 2.99. The van der Waals surface area contributed by atoms with Gasteiger partial charge in [-0.2, -0.15) is 0 Å². The van der Waals surface area contributed by atoms with Gasteiger partial charge in [-0.25, -0.2) is 0 Å². The van der Waals surface area contributed by atoms with Crippen LogP contribution in [0.4, 0.5) is 0 Å². The SMILES string of the molecule is NC(=O)Cc1ccc(Oc2ccc(-c3cc(=O)c4cc(O)ccc4o3)cc2)cc1. The molecule has 0 saturated heterocycles. The number of primary amides is 1. The molecule has 144 valence electrons. The third-order valence-electron chi connectivity index (χ3n) is 4.39. The van der Waals surface area contributed by atoms with Gasteiger partial charge in [0.1, 0.15) is 28.6 Å². The summed E-state index contributed by atoms with van der Waals surface area (Å²) >= 11 is 0. The molecule has 0 unspecified atom stereocenters. The van der Waals surface area contributed by atoms with Crippen LogP contribution in [0.5, 0.6) is 17.2 Å². The van der Waals surface area contributed by atoms with Crippen molar-refractivity contribution in [1.29, 1.82) is 0 Å². The van der Waals surface area contributed by atoms with Gasteiger partial charge in [-0.05, 0) is 60.2 Å². The minimum absolute atomic E-state index is 0.0155. The standard InChI is InChI=1S/C23H17NO5/c24-23(27)11-14-1-6-17(7-2-14)28-18-8-3-15(4-9-18)22-13-20(26)19-12-16(25)5-10-21(19)29-22/h1-10,12-13,25H,11H2,(H2,24,27). The zero-order chi connectivity index (χ0) is 20.4. The monoisotopic (exact) mass is 387 g/mol. The van der Waals surface area contributed by atoms with E-state index in [4.69, 9.17) is 14.9 Å². The number of hydrogen-bond donors (Lipinski definition) is 2. The molecule has 0 aliphatic rings. The lowest BCUT2D eigenvalue weighted by molar-refractivity contribution is -0.117. The van der Waals surface area contributed by atoms with Gasteiger partial charge >= 0.3 is 0 Å². The van der Waals surface area contributed by atoms with Gasteiger partial charge in [-0.1, -0.05) is 12.1 Å². The third-order valence-corrected chi connectivity index (χ3v) is 4.39. The summed E-state index contributed by atoms with van der Waals surface area (Å²) in [6, 6.07) is 20.1. The zero-order valence-electron chi connectivity index (χ0n) is 15.3. The minimum atomic E-state index is -0.383. The lowest BCUT2D eigenvalue weighted by atomic mass is 10.1. The highest BCUT2D eigenvalue weighted by molar-refractivity contribution is 5.80. The highest BCUT2D eigenvalue weighted by Crippen LogP contribution is 2.28. The predicted octanol–water partition coefficient (Wildman–Crippen LogP) is 3.99. The van der Waals surface area contributed by atoms with E-state index in [-0.39, 0.29) is 23.5 Å². The minimum Gasteiger partial charge on any atom is -0.508 e. The van der Waals surface area contributed by atoms with E-state index in [9.17, 15) is 14.7 Å². The highest BCUT2D eigenvalue weighted by atomic mass is 16.5. The molecular weight excluding hydrogens is 370 g/mol. The molecule has 0 fully saturated rings. The number of nitrogens with two attached hydrogens (primary N) is 1. The van der Waals surface area contributed by atoms with Crippen molar-refractivity contribution < 1.29 is 19.1 Å². The molecule has 0 aliphatic carbocycles. The van der Waals surface area contributed by atoms with Gasteiger partial charge in [0.15, 0.2) is 5.43 Å². The zero-order valence-corrected chi connectivity index (χ0v) is 15.3. The van der Waals surface area contributed by atoms with Crippen molar-refractivity contribution in [2.24, 2.45) is 5.73 Å². The maximum Gasteiger partial charge on any atom is 0.221 e. The Morgan fingerprint density at radius 2 is 1.59 bits per heavy atom. The number of benzene rings is 3. The number of carbonyl (C=O) groups is 1. The number of ether oxygens (including phenoxy) is 1. The van der Waals surface area contributed by atoms with Crippen molar-refractivity contribution in [3.63, 3.8) is 0 Å². The first-order valence-electron chi connectivity index (χ1n) is 8.90. The highest BCUT2D eigenvalue weighted by Gasteiger charge is 2.08. The average Bonchev–Trinajstić information content (AvgIpc) is 2.70. The number of phenolic OH excluding ortho intramolecular Hbond substituents is 1. The number of hydrogen-bond acceptors (Lipinski definition) is 5. The van der Waals surface area contributed by atoms with Crippen LogP contribution in [-0.2, 0) is 11.2 Å². The Balaban J connectivity index is 1.55. The number of phenols is 1. The first-order valence-corrected chi connectivity index (χ1v) is 8.90. The summed E-state index contributed by atoms with van der Waals surface area (Å²) in [5.41, 5.74) is 6.91. The van der Waals surface area contributed by atoms with Crippen LogP contribution in [0.15, 0.2) is 82.0 Å². The summed E-state index contributed by atoms with van der Waals surface area (Å²) in [6.45, 7) is 0. The van der Waals surface area contributed by atoms with E-state index >= 15 is 0 Å². The van der Waals surface area contributed by atoms with Crippen molar-refractivity contribution in [3.8, 4) is 28.6 Å². The number of amides is 1. The maximum atomic E-state index is 12.3. The van der Waals surface area contributed by atoms with Crippen LogP contribution in [0.3, 0.4) is 0 Å². The van der Waals surface area contributed by atoms with Crippen molar-refractivity contribution in [2.75, 3.05) is 0 Å². The third kappa shape index (κ3) is 4.11. The van der Waals surface area contributed by atoms with Crippen molar-refractivity contribution in [2.45, 2.75) is 6.42 Å². The van der Waals surface area contributed by atoms with Gasteiger partial charge in [-0.3, -0.25) is 9.59 Å². The molecule has 0 aliphatic heterocycles. The van der Waals surface area contributed by atoms with Gasteiger partial charge in [0.05, 0.1) is 11.8 Å². The van der Waals surface area contributed by atoms with Gasteiger partial charge in [-0.15, -0.1) is 0 Å². The second-order valence-corrected chi connectivity index (χ2v) is 6.57. The van der Waals surface area contributed by atoms with Gasteiger partial charge in [0.2, 0.25) is 5.91 Å². The molecule has 4 rings (SSSR count). The Bertz CT molecular complexity index is 1240. The normalized spacial score (nSPS) is 10.8. The van der Waals surface area contributed by atoms with Crippen LogP contribution in [0.2, 0.25) is 0 Å². The Hall–Kier alpha value is -4.06. The Morgan fingerprint density at radius 3 is 2.24 bits per heavy atom. The van der Waals surface area contributed by atoms with Crippen LogP contribution >= 0.6 is 0 Å². The fraction of sp³-hybridized carbons (Fsp3) is 0.0435. The molecule has 3 aromatic carbocycles. The molecule has 0 radical (unpaired) electrons. The smallest absolute Gasteiger partial charge is 0.221 e.